The Balaban J connectivity index is 1.49. The monoisotopic (exact) mass is 426 g/mol. The quantitative estimate of drug-likeness (QED) is 0.501. The first kappa shape index (κ1) is 21.7. The van der Waals surface area contributed by atoms with Crippen molar-refractivity contribution in [2.24, 2.45) is 0 Å². The van der Waals surface area contributed by atoms with Crippen LogP contribution < -0.4 is 5.32 Å². The number of benzene rings is 1. The van der Waals surface area contributed by atoms with Gasteiger partial charge in [0.25, 0.3) is 0 Å². The molecule has 0 aliphatic heterocycles. The highest BCUT2D eigenvalue weighted by molar-refractivity contribution is 7.98. The number of thioether (sulfide) groups is 1. The van der Waals surface area contributed by atoms with Crippen molar-refractivity contribution >= 4 is 17.7 Å². The second-order valence-corrected chi connectivity index (χ2v) is 8.01. The summed E-state index contributed by atoms with van der Waals surface area (Å²) in [6.07, 6.45) is 3.66. The predicted octanol–water partition coefficient (Wildman–Crippen LogP) is 4.43. The van der Waals surface area contributed by atoms with Gasteiger partial charge in [0.1, 0.15) is 5.82 Å². The molecule has 0 bridgehead atoms. The van der Waals surface area contributed by atoms with Crippen LogP contribution in [0.3, 0.4) is 0 Å². The number of halogens is 3. The highest BCUT2D eigenvalue weighted by Gasteiger charge is 2.30. The molecule has 29 heavy (non-hydrogen) atoms. The van der Waals surface area contributed by atoms with Gasteiger partial charge in [0.15, 0.2) is 5.16 Å². The lowest BCUT2D eigenvalue weighted by Gasteiger charge is -2.16. The van der Waals surface area contributed by atoms with Crippen molar-refractivity contribution in [2.45, 2.75) is 62.3 Å². The molecule has 1 fully saturated rings. The summed E-state index contributed by atoms with van der Waals surface area (Å²) < 4.78 is 40.6. The van der Waals surface area contributed by atoms with E-state index in [0.29, 0.717) is 31.0 Å². The molecule has 0 radical (unpaired) electrons. The van der Waals surface area contributed by atoms with E-state index in [9.17, 15) is 18.0 Å². The molecule has 1 aromatic carbocycles. The van der Waals surface area contributed by atoms with Crippen molar-refractivity contribution in [3.05, 3.63) is 41.2 Å². The van der Waals surface area contributed by atoms with Gasteiger partial charge < -0.3 is 9.88 Å². The number of aromatic nitrogens is 3. The molecule has 0 atom stereocenters. The second-order valence-electron chi connectivity index (χ2n) is 7.24. The van der Waals surface area contributed by atoms with E-state index < -0.39 is 11.7 Å². The molecule has 0 saturated heterocycles. The Morgan fingerprint density at radius 2 is 2.03 bits per heavy atom. The van der Waals surface area contributed by atoms with Gasteiger partial charge in [0, 0.05) is 19.0 Å². The third-order valence-electron chi connectivity index (χ3n) is 5.13. The van der Waals surface area contributed by atoms with Gasteiger partial charge in [-0.05, 0) is 37.1 Å². The molecule has 3 rings (SSSR count). The van der Waals surface area contributed by atoms with Crippen LogP contribution in [0.25, 0.3) is 0 Å². The highest BCUT2D eigenvalue weighted by Crippen LogP contribution is 2.33. The number of alkyl halides is 3. The van der Waals surface area contributed by atoms with Crippen molar-refractivity contribution in [1.29, 1.82) is 0 Å². The Hall–Kier alpha value is -2.03. The minimum atomic E-state index is -4.41. The smallest absolute Gasteiger partial charge is 0.356 e. The van der Waals surface area contributed by atoms with Gasteiger partial charge in [-0.1, -0.05) is 42.8 Å². The average molecular weight is 427 g/mol. The molecule has 2 aromatic rings. The molecule has 1 amide bonds. The van der Waals surface area contributed by atoms with Crippen LogP contribution in [-0.2, 0) is 23.8 Å². The molecule has 1 aliphatic carbocycles. The van der Waals surface area contributed by atoms with Gasteiger partial charge in [0.2, 0.25) is 5.91 Å². The van der Waals surface area contributed by atoms with E-state index >= 15 is 0 Å². The minimum absolute atomic E-state index is 0.0706. The number of rotatable bonds is 8. The lowest BCUT2D eigenvalue weighted by atomic mass is 10.1. The molecule has 5 nitrogen and oxygen atoms in total. The van der Waals surface area contributed by atoms with Crippen LogP contribution in [0.5, 0.6) is 0 Å². The van der Waals surface area contributed by atoms with Gasteiger partial charge >= 0.3 is 6.18 Å². The Bertz CT molecular complexity index is 831. The van der Waals surface area contributed by atoms with E-state index in [2.05, 4.69) is 20.1 Å². The number of carbonyl (C=O) groups is 1. The summed E-state index contributed by atoms with van der Waals surface area (Å²) in [5.41, 5.74) is -0.387. The third-order valence-corrected chi connectivity index (χ3v) is 5.77. The zero-order valence-corrected chi connectivity index (χ0v) is 17.2. The van der Waals surface area contributed by atoms with Gasteiger partial charge in [-0.2, -0.15) is 13.2 Å². The fraction of sp³-hybridized carbons (Fsp3) is 0.550. The maximum absolute atomic E-state index is 12.8. The molecule has 0 spiro atoms. The first-order valence-corrected chi connectivity index (χ1v) is 11.0. The first-order valence-electron chi connectivity index (χ1n) is 9.79. The van der Waals surface area contributed by atoms with Crippen molar-refractivity contribution in [2.75, 3.05) is 12.8 Å². The Kier molecular flexibility index (Phi) is 7.21. The standard InChI is InChI=1S/C20H25F3N4OS/c1-29-19-26-25-17(27(19)16-8-2-3-9-16)10-5-11-24-18(28)13-14-6-4-7-15(12-14)20(21,22)23/h4,6-7,12,16H,2-3,5,8-11,13H2,1H3,(H,24,28). The number of aryl methyl sites for hydroxylation is 1. The molecule has 1 heterocycles. The van der Waals surface area contributed by atoms with Crippen molar-refractivity contribution in [3.63, 3.8) is 0 Å². The summed E-state index contributed by atoms with van der Waals surface area (Å²) in [4.78, 5) is 12.1. The van der Waals surface area contributed by atoms with Gasteiger partial charge in [0.05, 0.1) is 12.0 Å². The minimum Gasteiger partial charge on any atom is -0.356 e. The van der Waals surface area contributed by atoms with Crippen LogP contribution in [0.15, 0.2) is 29.4 Å². The Labute approximate surface area is 172 Å². The van der Waals surface area contributed by atoms with E-state index in [4.69, 9.17) is 0 Å². The molecule has 158 valence electrons. The van der Waals surface area contributed by atoms with Crippen LogP contribution >= 0.6 is 11.8 Å². The number of hydrogen-bond acceptors (Lipinski definition) is 4. The summed E-state index contributed by atoms with van der Waals surface area (Å²) in [7, 11) is 0. The SMILES string of the molecule is CSc1nnc(CCCNC(=O)Cc2cccc(C(F)(F)F)c2)n1C1CCCC1. The molecule has 1 N–H and O–H groups in total. The van der Waals surface area contributed by atoms with E-state index in [1.54, 1.807) is 11.8 Å². The van der Waals surface area contributed by atoms with Gasteiger partial charge in [-0.3, -0.25) is 4.79 Å². The van der Waals surface area contributed by atoms with Crippen LogP contribution in [-0.4, -0.2) is 33.5 Å². The second kappa shape index (κ2) is 9.65. The van der Waals surface area contributed by atoms with Crippen LogP contribution in [0, 0.1) is 0 Å². The Morgan fingerprint density at radius 1 is 1.28 bits per heavy atom. The largest absolute Gasteiger partial charge is 0.416 e. The van der Waals surface area contributed by atoms with Crippen molar-refractivity contribution in [3.8, 4) is 0 Å². The fourth-order valence-electron chi connectivity index (χ4n) is 3.73. The molecule has 1 aromatic heterocycles. The molecular weight excluding hydrogens is 401 g/mol. The van der Waals surface area contributed by atoms with Gasteiger partial charge in [-0.25, -0.2) is 0 Å². The van der Waals surface area contributed by atoms with Crippen molar-refractivity contribution < 1.29 is 18.0 Å². The molecule has 1 saturated carbocycles. The van der Waals surface area contributed by atoms with E-state index in [1.165, 1.54) is 25.0 Å². The number of nitrogens with one attached hydrogen (secondary N) is 1. The molecule has 1 aliphatic rings. The number of nitrogens with zero attached hydrogens (tertiary/aromatic N) is 3. The molecule has 0 unspecified atom stereocenters. The summed E-state index contributed by atoms with van der Waals surface area (Å²) in [5, 5.41) is 12.3. The Morgan fingerprint density at radius 3 is 2.72 bits per heavy atom. The summed E-state index contributed by atoms with van der Waals surface area (Å²) in [6, 6.07) is 5.34. The lowest BCUT2D eigenvalue weighted by molar-refractivity contribution is -0.137. The van der Waals surface area contributed by atoms with Gasteiger partial charge in [-0.15, -0.1) is 10.2 Å². The van der Waals surface area contributed by atoms with Crippen LogP contribution in [0.4, 0.5) is 13.2 Å². The number of carbonyl (C=O) groups excluding carboxylic acids is 1. The number of amides is 1. The fourth-order valence-corrected chi connectivity index (χ4v) is 4.30. The maximum Gasteiger partial charge on any atom is 0.416 e. The topological polar surface area (TPSA) is 59.8 Å². The molecular formula is C20H25F3N4OS. The highest BCUT2D eigenvalue weighted by atomic mass is 32.2. The summed E-state index contributed by atoms with van der Waals surface area (Å²) in [5.74, 6) is 0.653. The molecule has 9 heteroatoms. The van der Waals surface area contributed by atoms with Crippen molar-refractivity contribution in [1.82, 2.24) is 20.1 Å². The third kappa shape index (κ3) is 5.74. The first-order chi connectivity index (χ1) is 13.9. The zero-order chi connectivity index (χ0) is 20.9. The van der Waals surface area contributed by atoms with E-state index in [1.807, 2.05) is 6.26 Å². The average Bonchev–Trinajstić information content (AvgIpc) is 3.34. The zero-order valence-electron chi connectivity index (χ0n) is 16.3. The summed E-state index contributed by atoms with van der Waals surface area (Å²) in [6.45, 7) is 0.448. The normalized spacial score (nSPS) is 15.0. The predicted molar refractivity (Wildman–Crippen MR) is 106 cm³/mol. The lowest BCUT2D eigenvalue weighted by Crippen LogP contribution is -2.26. The maximum atomic E-state index is 12.8. The van der Waals surface area contributed by atoms with E-state index in [0.717, 1.165) is 36.0 Å². The van der Waals surface area contributed by atoms with Crippen LogP contribution in [0.2, 0.25) is 0 Å². The number of hydrogen-bond donors (Lipinski definition) is 1. The van der Waals surface area contributed by atoms with Crippen LogP contribution in [0.1, 0.15) is 55.1 Å². The van der Waals surface area contributed by atoms with E-state index in [-0.39, 0.29) is 12.3 Å². The summed E-state index contributed by atoms with van der Waals surface area (Å²) >= 11 is 1.59.